The average molecular weight is 583 g/mol. The first-order valence-electron chi connectivity index (χ1n) is 14.3. The van der Waals surface area contributed by atoms with Crippen LogP contribution in [0.4, 0.5) is 29.3 Å². The molecule has 1 aromatic heterocycles. The lowest BCUT2D eigenvalue weighted by molar-refractivity contribution is -0.137. The molecule has 1 saturated carbocycles. The summed E-state index contributed by atoms with van der Waals surface area (Å²) in [5, 5.41) is 5.06. The number of amides is 2. The molecule has 0 atom stereocenters. The van der Waals surface area contributed by atoms with E-state index in [2.05, 4.69) is 41.3 Å². The van der Waals surface area contributed by atoms with Gasteiger partial charge in [0.1, 0.15) is 5.84 Å². The van der Waals surface area contributed by atoms with E-state index in [9.17, 15) is 18.0 Å². The van der Waals surface area contributed by atoms with Crippen LogP contribution in [0.25, 0.3) is 11.1 Å². The number of rotatable bonds is 9. The van der Waals surface area contributed by atoms with Crippen LogP contribution >= 0.6 is 0 Å². The molecule has 0 spiro atoms. The Kier molecular flexibility index (Phi) is 11.5. The number of hydrogen-bond donors (Lipinski definition) is 3. The van der Waals surface area contributed by atoms with Gasteiger partial charge < -0.3 is 21.3 Å². The van der Waals surface area contributed by atoms with Crippen LogP contribution in [-0.2, 0) is 6.18 Å². The molecule has 0 unspecified atom stereocenters. The van der Waals surface area contributed by atoms with Gasteiger partial charge in [0.2, 0.25) is 0 Å². The number of hydrogen-bond acceptors (Lipinski definition) is 4. The van der Waals surface area contributed by atoms with E-state index in [1.165, 1.54) is 38.2 Å². The van der Waals surface area contributed by atoms with Gasteiger partial charge in [-0.3, -0.25) is 9.98 Å². The number of amidine groups is 1. The van der Waals surface area contributed by atoms with Gasteiger partial charge in [-0.15, -0.1) is 0 Å². The summed E-state index contributed by atoms with van der Waals surface area (Å²) in [6, 6.07) is 13.0. The van der Waals surface area contributed by atoms with Crippen LogP contribution in [-0.4, -0.2) is 48.4 Å². The summed E-state index contributed by atoms with van der Waals surface area (Å²) in [4.78, 5) is 23.6. The smallest absolute Gasteiger partial charge is 0.383 e. The number of urea groups is 1. The van der Waals surface area contributed by atoms with E-state index in [0.29, 0.717) is 17.4 Å². The van der Waals surface area contributed by atoms with Crippen molar-refractivity contribution in [1.82, 2.24) is 9.88 Å². The van der Waals surface area contributed by atoms with Gasteiger partial charge in [-0.05, 0) is 93.3 Å². The number of benzene rings is 2. The van der Waals surface area contributed by atoms with Gasteiger partial charge in [0.05, 0.1) is 5.56 Å². The number of carbonyl (C=O) groups is 1. The molecular formula is C32H41F3N6O. The molecule has 42 heavy (non-hydrogen) atoms. The molecule has 0 bridgehead atoms. The summed E-state index contributed by atoms with van der Waals surface area (Å²) >= 11 is 0. The molecule has 1 aliphatic carbocycles. The van der Waals surface area contributed by atoms with Gasteiger partial charge in [-0.25, -0.2) is 4.79 Å². The lowest BCUT2D eigenvalue weighted by atomic mass is 9.96. The van der Waals surface area contributed by atoms with Crippen LogP contribution in [0.2, 0.25) is 0 Å². The molecule has 10 heteroatoms. The predicted octanol–water partition coefficient (Wildman–Crippen LogP) is 7.67. The highest BCUT2D eigenvalue weighted by molar-refractivity contribution is 6.04. The Hall–Kier alpha value is -3.92. The number of alkyl halides is 3. The van der Waals surface area contributed by atoms with Crippen molar-refractivity contribution in [2.45, 2.75) is 59.1 Å². The highest BCUT2D eigenvalue weighted by atomic mass is 19.4. The molecule has 3 aromatic rings. The highest BCUT2D eigenvalue weighted by Gasteiger charge is 2.30. The normalized spacial score (nSPS) is 13.4. The Labute approximate surface area is 246 Å². The summed E-state index contributed by atoms with van der Waals surface area (Å²) in [7, 11) is 1.63. The number of pyridine rings is 1. The first-order valence-corrected chi connectivity index (χ1v) is 14.3. The molecule has 0 saturated heterocycles. The standard InChI is InChI=1S/C25H24F3N5O.C7H17N/c1-14-22(23(29)30-2)20(13-21(31-14)16-6-7-16)15-8-10-18(11-9-15)32-24(34)33-19-5-3-4-17(12-19)25(26,27)28;1-4-7-8(5-2)6-3/h3-5,8-13,16H,6-7H2,1-2H3,(H2,29,30)(H2,32,33,34);4-7H2,1-3H3. The zero-order valence-electron chi connectivity index (χ0n) is 25.0. The molecule has 4 N–H and O–H groups in total. The number of nitrogens with two attached hydrogens (primary N) is 1. The molecule has 4 rings (SSSR count). The Bertz CT molecular complexity index is 1360. The summed E-state index contributed by atoms with van der Waals surface area (Å²) in [6.45, 7) is 12.2. The van der Waals surface area contributed by atoms with Crippen molar-refractivity contribution in [3.8, 4) is 11.1 Å². The molecule has 226 valence electrons. The molecule has 2 aromatic carbocycles. The van der Waals surface area contributed by atoms with Crippen LogP contribution < -0.4 is 16.4 Å². The third-order valence-corrected chi connectivity index (χ3v) is 7.05. The maximum atomic E-state index is 12.9. The second-order valence-corrected chi connectivity index (χ2v) is 10.2. The minimum absolute atomic E-state index is 0.0442. The third-order valence-electron chi connectivity index (χ3n) is 7.05. The van der Waals surface area contributed by atoms with Crippen LogP contribution in [0.15, 0.2) is 59.6 Å². The number of carbonyl (C=O) groups excluding carboxylic acids is 1. The van der Waals surface area contributed by atoms with Crippen LogP contribution in [0.5, 0.6) is 0 Å². The van der Waals surface area contributed by atoms with Gasteiger partial charge in [0, 0.05) is 41.3 Å². The Balaban J connectivity index is 0.000000531. The highest BCUT2D eigenvalue weighted by Crippen LogP contribution is 2.41. The maximum Gasteiger partial charge on any atom is 0.416 e. The molecule has 2 amide bonds. The van der Waals surface area contributed by atoms with E-state index >= 15 is 0 Å². The molecule has 0 aliphatic heterocycles. The van der Waals surface area contributed by atoms with Crippen molar-refractivity contribution in [2.75, 3.05) is 37.3 Å². The molecule has 1 heterocycles. The van der Waals surface area contributed by atoms with Crippen molar-refractivity contribution in [3.63, 3.8) is 0 Å². The van der Waals surface area contributed by atoms with Gasteiger partial charge in [-0.1, -0.05) is 39.0 Å². The van der Waals surface area contributed by atoms with Gasteiger partial charge in [0.15, 0.2) is 0 Å². The summed E-state index contributed by atoms with van der Waals surface area (Å²) < 4.78 is 38.6. The Morgan fingerprint density at radius 3 is 2.19 bits per heavy atom. The van der Waals surface area contributed by atoms with Gasteiger partial charge in [0.25, 0.3) is 0 Å². The van der Waals surface area contributed by atoms with Gasteiger partial charge in [-0.2, -0.15) is 13.2 Å². The van der Waals surface area contributed by atoms with E-state index in [4.69, 9.17) is 10.7 Å². The lowest BCUT2D eigenvalue weighted by Gasteiger charge is -2.15. The van der Waals surface area contributed by atoms with Crippen molar-refractivity contribution in [3.05, 3.63) is 77.1 Å². The average Bonchev–Trinajstić information content (AvgIpc) is 3.81. The van der Waals surface area contributed by atoms with Crippen molar-refractivity contribution < 1.29 is 18.0 Å². The number of aryl methyl sites for hydroxylation is 1. The molecule has 7 nitrogen and oxygen atoms in total. The van der Waals surface area contributed by atoms with E-state index in [-0.39, 0.29) is 5.69 Å². The quantitative estimate of drug-likeness (QED) is 0.178. The fraction of sp³-hybridized carbons (Fsp3) is 0.406. The lowest BCUT2D eigenvalue weighted by Crippen LogP contribution is -2.23. The Morgan fingerprint density at radius 2 is 1.67 bits per heavy atom. The molecule has 1 aliphatic rings. The molecular weight excluding hydrogens is 541 g/mol. The zero-order chi connectivity index (χ0) is 30.9. The first kappa shape index (κ1) is 32.6. The maximum absolute atomic E-state index is 12.9. The number of aromatic nitrogens is 1. The Morgan fingerprint density at radius 1 is 1.02 bits per heavy atom. The minimum Gasteiger partial charge on any atom is -0.383 e. The topological polar surface area (TPSA) is 95.6 Å². The van der Waals surface area contributed by atoms with E-state index in [0.717, 1.165) is 53.1 Å². The van der Waals surface area contributed by atoms with E-state index in [1.807, 2.05) is 25.1 Å². The largest absolute Gasteiger partial charge is 0.416 e. The summed E-state index contributed by atoms with van der Waals surface area (Å²) in [6.07, 6.45) is -0.972. The van der Waals surface area contributed by atoms with Crippen molar-refractivity contribution in [2.24, 2.45) is 10.7 Å². The van der Waals surface area contributed by atoms with Crippen molar-refractivity contribution >= 4 is 23.2 Å². The number of nitrogens with zero attached hydrogens (tertiary/aromatic N) is 3. The zero-order valence-corrected chi connectivity index (χ0v) is 25.0. The SMILES string of the molecule is CCCN(CC)CC.CN=C(N)c1c(-c2ccc(NC(=O)Nc3cccc(C(F)(F)F)c3)cc2)cc(C2CC2)nc1C. The van der Waals surface area contributed by atoms with E-state index < -0.39 is 17.8 Å². The number of halogens is 3. The summed E-state index contributed by atoms with van der Waals surface area (Å²) in [5.41, 5.74) is 10.3. The monoisotopic (exact) mass is 582 g/mol. The van der Waals surface area contributed by atoms with Gasteiger partial charge >= 0.3 is 12.2 Å². The number of nitrogens with one attached hydrogen (secondary N) is 2. The first-order chi connectivity index (χ1) is 20.0. The van der Waals surface area contributed by atoms with Crippen LogP contribution in [0, 0.1) is 6.92 Å². The third kappa shape index (κ3) is 9.04. The van der Waals surface area contributed by atoms with E-state index in [1.54, 1.807) is 19.2 Å². The van der Waals surface area contributed by atoms with Crippen LogP contribution in [0.3, 0.4) is 0 Å². The minimum atomic E-state index is -4.49. The number of anilines is 2. The number of aliphatic imine (C=N–C) groups is 1. The second kappa shape index (κ2) is 14.8. The second-order valence-electron chi connectivity index (χ2n) is 10.2. The van der Waals surface area contributed by atoms with Crippen LogP contribution in [0.1, 0.15) is 68.5 Å². The fourth-order valence-electron chi connectivity index (χ4n) is 4.60. The molecule has 0 radical (unpaired) electrons. The molecule has 1 fully saturated rings. The predicted molar refractivity (Wildman–Crippen MR) is 165 cm³/mol. The fourth-order valence-corrected chi connectivity index (χ4v) is 4.60. The summed E-state index contributed by atoms with van der Waals surface area (Å²) in [5.74, 6) is 0.858. The van der Waals surface area contributed by atoms with Crippen molar-refractivity contribution in [1.29, 1.82) is 0 Å².